The molecule has 0 fully saturated rings. The highest BCUT2D eigenvalue weighted by Crippen LogP contribution is 2.21. The maximum absolute atomic E-state index is 13.5. The fourth-order valence-electron chi connectivity index (χ4n) is 1.63. The lowest BCUT2D eigenvalue weighted by Crippen LogP contribution is -2.16. The van der Waals surface area contributed by atoms with Crippen molar-refractivity contribution in [1.29, 1.82) is 0 Å². The molecule has 0 bridgehead atoms. The Kier molecular flexibility index (Phi) is 4.06. The second-order valence-corrected chi connectivity index (χ2v) is 4.11. The van der Waals surface area contributed by atoms with E-state index < -0.39 is 39.7 Å². The minimum absolute atomic E-state index is 0.0938. The molecule has 114 valence electrons. The summed E-state index contributed by atoms with van der Waals surface area (Å²) in [6.45, 7) is 0. The number of benzene rings is 2. The van der Waals surface area contributed by atoms with Crippen molar-refractivity contribution in [2.24, 2.45) is 0 Å². The van der Waals surface area contributed by atoms with Crippen molar-refractivity contribution in [2.45, 2.75) is 0 Å². The van der Waals surface area contributed by atoms with Crippen LogP contribution in [0.15, 0.2) is 30.3 Å². The molecule has 2 aromatic rings. The van der Waals surface area contributed by atoms with Crippen LogP contribution in [0.3, 0.4) is 0 Å². The molecule has 0 aliphatic heterocycles. The first-order valence-electron chi connectivity index (χ1n) is 5.70. The van der Waals surface area contributed by atoms with E-state index >= 15 is 0 Å². The second-order valence-electron chi connectivity index (χ2n) is 4.11. The van der Waals surface area contributed by atoms with E-state index in [4.69, 9.17) is 0 Å². The van der Waals surface area contributed by atoms with Gasteiger partial charge in [-0.2, -0.15) is 0 Å². The van der Waals surface area contributed by atoms with Gasteiger partial charge in [-0.3, -0.25) is 14.9 Å². The van der Waals surface area contributed by atoms with Gasteiger partial charge < -0.3 is 5.32 Å². The van der Waals surface area contributed by atoms with Crippen LogP contribution < -0.4 is 5.32 Å². The number of nitro benzene ring substituents is 1. The van der Waals surface area contributed by atoms with Crippen LogP contribution in [-0.2, 0) is 0 Å². The van der Waals surface area contributed by atoms with E-state index in [1.807, 2.05) is 5.32 Å². The van der Waals surface area contributed by atoms with Crippen molar-refractivity contribution < 1.29 is 27.3 Å². The first-order chi connectivity index (χ1) is 10.3. The van der Waals surface area contributed by atoms with Crippen molar-refractivity contribution in [2.75, 3.05) is 5.32 Å². The molecular formula is C13H6F4N2O3. The van der Waals surface area contributed by atoms with Gasteiger partial charge in [-0.1, -0.05) is 6.07 Å². The molecule has 9 heteroatoms. The van der Waals surface area contributed by atoms with Gasteiger partial charge in [0.05, 0.1) is 10.5 Å². The van der Waals surface area contributed by atoms with Crippen LogP contribution in [-0.4, -0.2) is 10.8 Å². The molecule has 1 N–H and O–H groups in total. The number of nitrogens with one attached hydrogen (secondary N) is 1. The molecule has 0 aromatic heterocycles. The number of nitro groups is 1. The van der Waals surface area contributed by atoms with Gasteiger partial charge in [0.15, 0.2) is 23.3 Å². The Morgan fingerprint density at radius 3 is 2.36 bits per heavy atom. The van der Waals surface area contributed by atoms with Gasteiger partial charge in [0.2, 0.25) is 0 Å². The first kappa shape index (κ1) is 15.4. The molecule has 0 heterocycles. The summed E-state index contributed by atoms with van der Waals surface area (Å²) in [5, 5.41) is 12.6. The second kappa shape index (κ2) is 5.80. The van der Waals surface area contributed by atoms with Gasteiger partial charge in [-0.05, 0) is 12.1 Å². The van der Waals surface area contributed by atoms with E-state index in [0.717, 1.165) is 12.1 Å². The third-order valence-electron chi connectivity index (χ3n) is 2.66. The molecule has 0 saturated carbocycles. The van der Waals surface area contributed by atoms with Crippen molar-refractivity contribution in [3.8, 4) is 0 Å². The topological polar surface area (TPSA) is 72.2 Å². The van der Waals surface area contributed by atoms with E-state index in [0.29, 0.717) is 0 Å². The van der Waals surface area contributed by atoms with E-state index in [9.17, 15) is 32.5 Å². The summed E-state index contributed by atoms with van der Waals surface area (Å²) in [7, 11) is 0. The van der Waals surface area contributed by atoms with Gasteiger partial charge in [-0.15, -0.1) is 0 Å². The highest BCUT2D eigenvalue weighted by atomic mass is 19.2. The zero-order valence-electron chi connectivity index (χ0n) is 10.6. The largest absolute Gasteiger partial charge is 0.322 e. The summed E-state index contributed by atoms with van der Waals surface area (Å²) in [5.74, 6) is -9.03. The summed E-state index contributed by atoms with van der Waals surface area (Å²) in [5.41, 5.74) is -1.51. The lowest BCUT2D eigenvalue weighted by molar-refractivity contribution is -0.384. The summed E-state index contributed by atoms with van der Waals surface area (Å²) in [4.78, 5) is 21.6. The molecule has 0 aliphatic carbocycles. The minimum atomic E-state index is -2.12. The highest BCUT2D eigenvalue weighted by Gasteiger charge is 2.23. The summed E-state index contributed by atoms with van der Waals surface area (Å²) in [6.07, 6.45) is 0. The van der Waals surface area contributed by atoms with E-state index in [1.54, 1.807) is 0 Å². The third kappa shape index (κ3) is 2.87. The van der Waals surface area contributed by atoms with Crippen LogP contribution in [0.4, 0.5) is 28.9 Å². The monoisotopic (exact) mass is 314 g/mol. The number of halogens is 4. The number of rotatable bonds is 3. The van der Waals surface area contributed by atoms with E-state index in [-0.39, 0.29) is 17.4 Å². The standard InChI is InChI=1S/C13H6F4N2O3/c14-9-5-8(10(15)12(17)11(9)16)13(20)18-6-2-1-3-7(4-6)19(21)22/h1-5H,(H,18,20). The molecule has 1 amide bonds. The first-order valence-corrected chi connectivity index (χ1v) is 5.70. The van der Waals surface area contributed by atoms with Gasteiger partial charge in [-0.25, -0.2) is 17.6 Å². The fraction of sp³-hybridized carbons (Fsp3) is 0. The predicted octanol–water partition coefficient (Wildman–Crippen LogP) is 3.40. The fourth-order valence-corrected chi connectivity index (χ4v) is 1.63. The van der Waals surface area contributed by atoms with Crippen LogP contribution in [0.25, 0.3) is 0 Å². The van der Waals surface area contributed by atoms with Gasteiger partial charge >= 0.3 is 0 Å². The highest BCUT2D eigenvalue weighted by molar-refractivity contribution is 6.04. The zero-order chi connectivity index (χ0) is 16.4. The number of carbonyl (C=O) groups is 1. The number of hydrogen-bond acceptors (Lipinski definition) is 3. The molecule has 0 saturated heterocycles. The Morgan fingerprint density at radius 2 is 1.73 bits per heavy atom. The number of nitrogens with zero attached hydrogens (tertiary/aromatic N) is 1. The zero-order valence-corrected chi connectivity index (χ0v) is 10.6. The third-order valence-corrected chi connectivity index (χ3v) is 2.66. The maximum atomic E-state index is 13.5. The van der Waals surface area contributed by atoms with Gasteiger partial charge in [0.25, 0.3) is 11.6 Å². The Morgan fingerprint density at radius 1 is 1.05 bits per heavy atom. The van der Waals surface area contributed by atoms with E-state index in [2.05, 4.69) is 0 Å². The SMILES string of the molecule is O=C(Nc1cccc([N+](=O)[O-])c1)c1cc(F)c(F)c(F)c1F. The van der Waals surface area contributed by atoms with Crippen molar-refractivity contribution in [3.63, 3.8) is 0 Å². The Balaban J connectivity index is 2.34. The van der Waals surface area contributed by atoms with Crippen molar-refractivity contribution >= 4 is 17.3 Å². The Labute approximate surface area is 120 Å². The average molecular weight is 314 g/mol. The van der Waals surface area contributed by atoms with Crippen molar-refractivity contribution in [3.05, 3.63) is 69.3 Å². The molecule has 2 rings (SSSR count). The number of carbonyl (C=O) groups excluding carboxylic acids is 1. The number of anilines is 1. The summed E-state index contributed by atoms with van der Waals surface area (Å²) in [6, 6.07) is 4.80. The average Bonchev–Trinajstić information content (AvgIpc) is 2.49. The molecule has 0 atom stereocenters. The quantitative estimate of drug-likeness (QED) is 0.310. The Hall–Kier alpha value is -2.97. The Bertz CT molecular complexity index is 780. The minimum Gasteiger partial charge on any atom is -0.322 e. The lowest BCUT2D eigenvalue weighted by Gasteiger charge is -2.07. The van der Waals surface area contributed by atoms with Crippen molar-refractivity contribution in [1.82, 2.24) is 0 Å². The maximum Gasteiger partial charge on any atom is 0.271 e. The molecule has 0 spiro atoms. The van der Waals surface area contributed by atoms with Gasteiger partial charge in [0.1, 0.15) is 0 Å². The van der Waals surface area contributed by atoms with Crippen LogP contribution in [0.5, 0.6) is 0 Å². The van der Waals surface area contributed by atoms with Crippen LogP contribution in [0.1, 0.15) is 10.4 Å². The smallest absolute Gasteiger partial charge is 0.271 e. The molecule has 2 aromatic carbocycles. The molecule has 0 unspecified atom stereocenters. The molecule has 0 radical (unpaired) electrons. The normalized spacial score (nSPS) is 10.4. The van der Waals surface area contributed by atoms with Crippen LogP contribution in [0.2, 0.25) is 0 Å². The number of non-ortho nitro benzene ring substituents is 1. The number of hydrogen-bond donors (Lipinski definition) is 1. The van der Waals surface area contributed by atoms with E-state index in [1.165, 1.54) is 12.1 Å². The summed E-state index contributed by atoms with van der Waals surface area (Å²) < 4.78 is 52.4. The van der Waals surface area contributed by atoms with Gasteiger partial charge in [0, 0.05) is 17.8 Å². The molecule has 22 heavy (non-hydrogen) atoms. The molecular weight excluding hydrogens is 308 g/mol. The molecule has 0 aliphatic rings. The summed E-state index contributed by atoms with van der Waals surface area (Å²) >= 11 is 0. The lowest BCUT2D eigenvalue weighted by atomic mass is 10.1. The molecule has 5 nitrogen and oxygen atoms in total. The predicted molar refractivity (Wildman–Crippen MR) is 67.3 cm³/mol. The van der Waals surface area contributed by atoms with Crippen LogP contribution >= 0.6 is 0 Å². The van der Waals surface area contributed by atoms with Crippen LogP contribution in [0, 0.1) is 33.4 Å². The number of amides is 1.